The predicted molar refractivity (Wildman–Crippen MR) is 86.8 cm³/mol. The van der Waals surface area contributed by atoms with E-state index in [1.165, 1.54) is 11.1 Å². The molecule has 2 aromatic carbocycles. The molecule has 0 saturated carbocycles. The molecule has 0 aromatic heterocycles. The van der Waals surface area contributed by atoms with Crippen molar-refractivity contribution < 1.29 is 0 Å². The topological polar surface area (TPSA) is 52.0 Å². The molecule has 2 nitrogen and oxygen atoms in total. The molecule has 0 spiro atoms. The Morgan fingerprint density at radius 1 is 1.00 bits per heavy atom. The van der Waals surface area contributed by atoms with Crippen molar-refractivity contribution in [2.45, 2.75) is 39.2 Å². The van der Waals surface area contributed by atoms with Crippen molar-refractivity contribution in [3.8, 4) is 0 Å². The van der Waals surface area contributed by atoms with Crippen LogP contribution in [0, 0.1) is 6.92 Å². The summed E-state index contributed by atoms with van der Waals surface area (Å²) in [7, 11) is 0. The van der Waals surface area contributed by atoms with E-state index in [0.29, 0.717) is 0 Å². The van der Waals surface area contributed by atoms with E-state index in [-0.39, 0.29) is 11.5 Å². The number of aryl methyl sites for hydroxylation is 1. The molecule has 0 saturated heterocycles. The summed E-state index contributed by atoms with van der Waals surface area (Å²) in [6, 6.07) is 14.2. The molecule has 4 N–H and O–H groups in total. The van der Waals surface area contributed by atoms with Gasteiger partial charge in [-0.2, -0.15) is 0 Å². The van der Waals surface area contributed by atoms with Crippen LogP contribution in [0.2, 0.25) is 0 Å². The molecule has 1 unspecified atom stereocenters. The number of rotatable bonds is 2. The first kappa shape index (κ1) is 14.6. The molecule has 0 fully saturated rings. The van der Waals surface area contributed by atoms with Gasteiger partial charge in [0.1, 0.15) is 0 Å². The number of benzene rings is 2. The first-order valence-corrected chi connectivity index (χ1v) is 7.01. The molecule has 20 heavy (non-hydrogen) atoms. The third-order valence-corrected chi connectivity index (χ3v) is 3.74. The molecular formula is C18H24N2. The molecule has 1 atom stereocenters. The van der Waals surface area contributed by atoms with E-state index in [4.69, 9.17) is 11.5 Å². The van der Waals surface area contributed by atoms with Crippen LogP contribution in [0.3, 0.4) is 0 Å². The minimum absolute atomic E-state index is 0.132. The highest BCUT2D eigenvalue weighted by atomic mass is 14.6. The standard InChI is InChI=1S/C18H24N2/c1-12-10-14(18(2,3)4)8-9-16(12)17(20)13-6-5-7-15(19)11-13/h5-11,17H,19-20H2,1-4H3. The Hall–Kier alpha value is -1.80. The highest BCUT2D eigenvalue weighted by Crippen LogP contribution is 2.29. The normalized spacial score (nSPS) is 13.2. The van der Waals surface area contributed by atoms with Crippen LogP contribution < -0.4 is 11.5 Å². The summed E-state index contributed by atoms with van der Waals surface area (Å²) >= 11 is 0. The van der Waals surface area contributed by atoms with Crippen molar-refractivity contribution in [2.24, 2.45) is 5.73 Å². The third kappa shape index (κ3) is 3.02. The van der Waals surface area contributed by atoms with Crippen LogP contribution in [0.4, 0.5) is 5.69 Å². The summed E-state index contributed by atoms with van der Waals surface area (Å²) in [5.41, 5.74) is 17.9. The van der Waals surface area contributed by atoms with Crippen molar-refractivity contribution in [3.05, 3.63) is 64.7 Å². The summed E-state index contributed by atoms with van der Waals surface area (Å²) < 4.78 is 0. The molecule has 0 aliphatic carbocycles. The van der Waals surface area contributed by atoms with Gasteiger partial charge in [-0.1, -0.05) is 51.1 Å². The fraction of sp³-hybridized carbons (Fsp3) is 0.333. The van der Waals surface area contributed by atoms with E-state index in [0.717, 1.165) is 16.8 Å². The first-order chi connectivity index (χ1) is 9.29. The van der Waals surface area contributed by atoms with Gasteiger partial charge in [-0.3, -0.25) is 0 Å². The number of anilines is 1. The summed E-state index contributed by atoms with van der Waals surface area (Å²) in [5, 5.41) is 0. The Bertz CT molecular complexity index is 609. The lowest BCUT2D eigenvalue weighted by Gasteiger charge is -2.22. The Labute approximate surface area is 121 Å². The van der Waals surface area contributed by atoms with Crippen LogP contribution in [-0.4, -0.2) is 0 Å². The minimum atomic E-state index is -0.132. The largest absolute Gasteiger partial charge is 0.399 e. The van der Waals surface area contributed by atoms with Crippen LogP contribution in [0.25, 0.3) is 0 Å². The maximum Gasteiger partial charge on any atom is 0.0555 e. The van der Waals surface area contributed by atoms with E-state index < -0.39 is 0 Å². The quantitative estimate of drug-likeness (QED) is 0.811. The Kier molecular flexibility index (Phi) is 3.87. The molecule has 0 heterocycles. The van der Waals surface area contributed by atoms with Crippen molar-refractivity contribution in [3.63, 3.8) is 0 Å². The van der Waals surface area contributed by atoms with Gasteiger partial charge in [0, 0.05) is 5.69 Å². The van der Waals surface area contributed by atoms with E-state index in [1.54, 1.807) is 0 Å². The molecule has 2 heteroatoms. The zero-order valence-corrected chi connectivity index (χ0v) is 12.8. The van der Waals surface area contributed by atoms with E-state index in [9.17, 15) is 0 Å². The van der Waals surface area contributed by atoms with Gasteiger partial charge >= 0.3 is 0 Å². The maximum atomic E-state index is 6.39. The molecule has 0 bridgehead atoms. The van der Waals surface area contributed by atoms with Crippen LogP contribution in [0.1, 0.15) is 49.1 Å². The monoisotopic (exact) mass is 268 g/mol. The fourth-order valence-electron chi connectivity index (χ4n) is 2.42. The highest BCUT2D eigenvalue weighted by Gasteiger charge is 2.17. The van der Waals surface area contributed by atoms with E-state index in [2.05, 4.69) is 45.9 Å². The van der Waals surface area contributed by atoms with Crippen molar-refractivity contribution in [1.82, 2.24) is 0 Å². The van der Waals surface area contributed by atoms with E-state index in [1.807, 2.05) is 24.3 Å². The van der Waals surface area contributed by atoms with Crippen molar-refractivity contribution in [2.75, 3.05) is 5.73 Å². The second-order valence-electron chi connectivity index (χ2n) is 6.47. The lowest BCUT2D eigenvalue weighted by atomic mass is 9.84. The Balaban J connectivity index is 2.38. The van der Waals surface area contributed by atoms with Crippen LogP contribution in [0.5, 0.6) is 0 Å². The Morgan fingerprint density at radius 3 is 2.25 bits per heavy atom. The Morgan fingerprint density at radius 2 is 1.70 bits per heavy atom. The van der Waals surface area contributed by atoms with Crippen LogP contribution >= 0.6 is 0 Å². The third-order valence-electron chi connectivity index (χ3n) is 3.74. The summed E-state index contributed by atoms with van der Waals surface area (Å²) in [6.45, 7) is 8.79. The van der Waals surface area contributed by atoms with Gasteiger partial charge in [0.05, 0.1) is 6.04 Å². The predicted octanol–water partition coefficient (Wildman–Crippen LogP) is 3.92. The SMILES string of the molecule is Cc1cc(C(C)(C)C)ccc1C(N)c1cccc(N)c1. The second kappa shape index (κ2) is 5.29. The molecular weight excluding hydrogens is 244 g/mol. The smallest absolute Gasteiger partial charge is 0.0555 e. The molecule has 0 radical (unpaired) electrons. The second-order valence-corrected chi connectivity index (χ2v) is 6.47. The highest BCUT2D eigenvalue weighted by molar-refractivity contribution is 5.46. The zero-order chi connectivity index (χ0) is 14.9. The van der Waals surface area contributed by atoms with Gasteiger partial charge in [0.15, 0.2) is 0 Å². The summed E-state index contributed by atoms with van der Waals surface area (Å²) in [6.07, 6.45) is 0. The number of hydrogen-bond donors (Lipinski definition) is 2. The number of nitrogen functional groups attached to an aromatic ring is 1. The van der Waals surface area contributed by atoms with Crippen molar-refractivity contribution >= 4 is 5.69 Å². The van der Waals surface area contributed by atoms with Crippen molar-refractivity contribution in [1.29, 1.82) is 0 Å². The van der Waals surface area contributed by atoms with Crippen LogP contribution in [0.15, 0.2) is 42.5 Å². The van der Waals surface area contributed by atoms with Gasteiger partial charge < -0.3 is 11.5 Å². The first-order valence-electron chi connectivity index (χ1n) is 7.01. The van der Waals surface area contributed by atoms with E-state index >= 15 is 0 Å². The summed E-state index contributed by atoms with van der Waals surface area (Å²) in [5.74, 6) is 0. The average molecular weight is 268 g/mol. The molecule has 106 valence electrons. The molecule has 0 amide bonds. The lowest BCUT2D eigenvalue weighted by molar-refractivity contribution is 0.589. The van der Waals surface area contributed by atoms with Crippen LogP contribution in [-0.2, 0) is 5.41 Å². The summed E-state index contributed by atoms with van der Waals surface area (Å²) in [4.78, 5) is 0. The van der Waals surface area contributed by atoms with Gasteiger partial charge in [-0.25, -0.2) is 0 Å². The maximum absolute atomic E-state index is 6.39. The number of nitrogens with two attached hydrogens (primary N) is 2. The minimum Gasteiger partial charge on any atom is -0.399 e. The number of hydrogen-bond acceptors (Lipinski definition) is 2. The van der Waals surface area contributed by atoms with Gasteiger partial charge in [0.2, 0.25) is 0 Å². The average Bonchev–Trinajstić information content (AvgIpc) is 2.36. The molecule has 0 aliphatic rings. The molecule has 2 aromatic rings. The van der Waals surface area contributed by atoms with Gasteiger partial charge in [-0.15, -0.1) is 0 Å². The van der Waals surface area contributed by atoms with Gasteiger partial charge in [0.25, 0.3) is 0 Å². The molecule has 0 aliphatic heterocycles. The zero-order valence-electron chi connectivity index (χ0n) is 12.8. The van der Waals surface area contributed by atoms with Gasteiger partial charge in [-0.05, 0) is 46.7 Å². The fourth-order valence-corrected chi connectivity index (χ4v) is 2.42. The lowest BCUT2D eigenvalue weighted by Crippen LogP contribution is -2.16. The molecule has 2 rings (SSSR count).